The first-order valence-corrected chi connectivity index (χ1v) is 8.41. The summed E-state index contributed by atoms with van der Waals surface area (Å²) in [5, 5.41) is 2.90. The van der Waals surface area contributed by atoms with Crippen molar-refractivity contribution in [2.24, 2.45) is 0 Å². The molecule has 0 aliphatic rings. The minimum absolute atomic E-state index is 0.758. The number of alkyl halides is 1. The molecule has 0 amide bonds. The molecule has 88 valence electrons. The van der Waals surface area contributed by atoms with Gasteiger partial charge < -0.3 is 0 Å². The van der Waals surface area contributed by atoms with E-state index in [0.29, 0.717) is 0 Å². The van der Waals surface area contributed by atoms with Crippen molar-refractivity contribution < 1.29 is 0 Å². The predicted molar refractivity (Wildman–Crippen MR) is 79.5 cm³/mol. The summed E-state index contributed by atoms with van der Waals surface area (Å²) in [7, 11) is -1.23. The van der Waals surface area contributed by atoms with E-state index in [9.17, 15) is 0 Å². The summed E-state index contributed by atoms with van der Waals surface area (Å²) < 4.78 is 0. The van der Waals surface area contributed by atoms with Gasteiger partial charge in [-0.3, -0.25) is 0 Å². The van der Waals surface area contributed by atoms with Gasteiger partial charge in [0.05, 0.1) is 0 Å². The minimum Gasteiger partial charge on any atom is -0.130 e. The Morgan fingerprint density at radius 3 is 2.29 bits per heavy atom. The molecule has 0 spiro atoms. The molecule has 0 bridgehead atoms. The van der Waals surface area contributed by atoms with E-state index in [1.807, 2.05) is 0 Å². The van der Waals surface area contributed by atoms with Gasteiger partial charge in [-0.05, 0) is 25.0 Å². The van der Waals surface area contributed by atoms with E-state index < -0.39 is 8.80 Å². The van der Waals surface area contributed by atoms with Crippen molar-refractivity contribution >= 4 is 30.8 Å². The number of rotatable bonds is 3. The topological polar surface area (TPSA) is 0 Å². The second kappa shape index (κ2) is 5.52. The molecule has 0 saturated carbocycles. The van der Waals surface area contributed by atoms with E-state index in [4.69, 9.17) is 11.6 Å². The summed E-state index contributed by atoms with van der Waals surface area (Å²) >= 11 is 6.22. The van der Waals surface area contributed by atoms with Crippen molar-refractivity contribution in [2.75, 3.05) is 5.50 Å². The number of benzene rings is 2. The second-order valence-electron chi connectivity index (χ2n) is 4.41. The summed E-state index contributed by atoms with van der Waals surface area (Å²) in [5.41, 5.74) is 3.53. The maximum Gasteiger partial charge on any atom is 0.118 e. The molecule has 2 aromatic rings. The van der Waals surface area contributed by atoms with Crippen molar-refractivity contribution in [2.45, 2.75) is 13.8 Å². The summed E-state index contributed by atoms with van der Waals surface area (Å²) in [6, 6.07) is 17.2. The highest BCUT2D eigenvalue weighted by Gasteiger charge is 2.17. The Morgan fingerprint density at radius 1 is 0.941 bits per heavy atom. The molecule has 17 heavy (non-hydrogen) atoms. The summed E-state index contributed by atoms with van der Waals surface area (Å²) in [6.45, 7) is 4.38. The highest BCUT2D eigenvalue weighted by Crippen LogP contribution is 2.05. The predicted octanol–water partition coefficient (Wildman–Crippen LogP) is 2.42. The number of hydrogen-bond donors (Lipinski definition) is 0. The Kier molecular flexibility index (Phi) is 4.03. The van der Waals surface area contributed by atoms with Crippen LogP contribution in [0.1, 0.15) is 11.1 Å². The van der Waals surface area contributed by atoms with E-state index in [2.05, 4.69) is 62.4 Å². The molecule has 1 atom stereocenters. The first-order chi connectivity index (χ1) is 8.24. The highest BCUT2D eigenvalue weighted by molar-refractivity contribution is 6.89. The van der Waals surface area contributed by atoms with Crippen molar-refractivity contribution in [1.82, 2.24) is 0 Å². The molecule has 2 rings (SSSR count). The molecular weight excluding hydrogens is 244 g/mol. The first-order valence-electron chi connectivity index (χ1n) is 5.91. The van der Waals surface area contributed by atoms with Gasteiger partial charge in [-0.15, -0.1) is 11.6 Å². The lowest BCUT2D eigenvalue weighted by molar-refractivity contribution is 1.36. The third kappa shape index (κ3) is 2.62. The van der Waals surface area contributed by atoms with E-state index >= 15 is 0 Å². The first kappa shape index (κ1) is 12.4. The van der Waals surface area contributed by atoms with Crippen LogP contribution in [0.2, 0.25) is 0 Å². The van der Waals surface area contributed by atoms with Crippen molar-refractivity contribution in [3.63, 3.8) is 0 Å². The number of halogens is 1. The Morgan fingerprint density at radius 2 is 1.65 bits per heavy atom. The summed E-state index contributed by atoms with van der Waals surface area (Å²) in [6.07, 6.45) is 0. The van der Waals surface area contributed by atoms with Gasteiger partial charge in [0.15, 0.2) is 0 Å². The fourth-order valence-electron chi connectivity index (χ4n) is 2.19. The molecule has 0 nitrogen and oxygen atoms in total. The lowest BCUT2D eigenvalue weighted by Crippen LogP contribution is -2.45. The Balaban J connectivity index is 2.46. The maximum atomic E-state index is 6.22. The molecule has 0 aliphatic heterocycles. The van der Waals surface area contributed by atoms with Crippen LogP contribution in [0.3, 0.4) is 0 Å². The molecule has 0 saturated heterocycles. The fraction of sp³-hybridized carbons (Fsp3) is 0.200. The number of aryl methyl sites for hydroxylation is 1. The summed E-state index contributed by atoms with van der Waals surface area (Å²) in [5.74, 6) is 0. The molecule has 0 aromatic heterocycles. The molecule has 2 aromatic carbocycles. The quantitative estimate of drug-likeness (QED) is 0.587. The molecule has 0 aliphatic carbocycles. The van der Waals surface area contributed by atoms with Crippen LogP contribution >= 0.6 is 11.6 Å². The molecule has 0 N–H and O–H groups in total. The number of hydrogen-bond acceptors (Lipinski definition) is 0. The molecule has 2 heteroatoms. The smallest absolute Gasteiger partial charge is 0.118 e. The molecule has 0 fully saturated rings. The molecule has 0 radical (unpaired) electrons. The van der Waals surface area contributed by atoms with Gasteiger partial charge in [-0.25, -0.2) is 0 Å². The van der Waals surface area contributed by atoms with Crippen LogP contribution in [0.25, 0.3) is 0 Å². The maximum absolute atomic E-state index is 6.22. The SMILES string of the molecule is Cc1cccc([SiH](CCl)c2ccccc2)c1C. The lowest BCUT2D eigenvalue weighted by Gasteiger charge is -2.17. The van der Waals surface area contributed by atoms with Crippen LogP contribution in [-0.2, 0) is 0 Å². The third-order valence-electron chi connectivity index (χ3n) is 3.38. The van der Waals surface area contributed by atoms with Gasteiger partial charge >= 0.3 is 0 Å². The zero-order valence-corrected chi connectivity index (χ0v) is 12.2. The average molecular weight is 261 g/mol. The van der Waals surface area contributed by atoms with E-state index in [1.54, 1.807) is 0 Å². The fourth-order valence-corrected chi connectivity index (χ4v) is 5.71. The van der Waals surface area contributed by atoms with Crippen LogP contribution in [0.4, 0.5) is 0 Å². The monoisotopic (exact) mass is 260 g/mol. The zero-order valence-electron chi connectivity index (χ0n) is 10.3. The third-order valence-corrected chi connectivity index (χ3v) is 7.18. The highest BCUT2D eigenvalue weighted by atomic mass is 35.5. The van der Waals surface area contributed by atoms with Crippen LogP contribution in [0.15, 0.2) is 48.5 Å². The second-order valence-corrected chi connectivity index (χ2v) is 8.03. The average Bonchev–Trinajstić information content (AvgIpc) is 2.37. The molecular formula is C15H17ClSi. The van der Waals surface area contributed by atoms with Crippen LogP contribution in [0, 0.1) is 13.8 Å². The minimum atomic E-state index is -1.23. The van der Waals surface area contributed by atoms with Crippen molar-refractivity contribution in [1.29, 1.82) is 0 Å². The normalized spacial score (nSPS) is 12.4. The Labute approximate surface area is 110 Å². The zero-order chi connectivity index (χ0) is 12.3. The van der Waals surface area contributed by atoms with Crippen LogP contribution in [-0.4, -0.2) is 14.3 Å². The van der Waals surface area contributed by atoms with Gasteiger partial charge in [0, 0.05) is 5.50 Å². The largest absolute Gasteiger partial charge is 0.130 e. The van der Waals surface area contributed by atoms with Crippen LogP contribution < -0.4 is 10.4 Å². The van der Waals surface area contributed by atoms with Crippen molar-refractivity contribution in [3.8, 4) is 0 Å². The standard InChI is InChI=1S/C15H17ClSi/c1-12-7-6-10-15(13(12)2)17(11-16)14-8-4-3-5-9-14/h3-10,17H,11H2,1-2H3. The van der Waals surface area contributed by atoms with Gasteiger partial charge in [0.2, 0.25) is 0 Å². The van der Waals surface area contributed by atoms with E-state index in [1.165, 1.54) is 21.5 Å². The molecule has 0 heterocycles. The van der Waals surface area contributed by atoms with Gasteiger partial charge in [0.1, 0.15) is 8.80 Å². The van der Waals surface area contributed by atoms with Gasteiger partial charge in [0.25, 0.3) is 0 Å². The van der Waals surface area contributed by atoms with Crippen molar-refractivity contribution in [3.05, 3.63) is 59.7 Å². The Hall–Kier alpha value is -1.05. The Bertz CT molecular complexity index is 494. The molecule has 1 unspecified atom stereocenters. The lowest BCUT2D eigenvalue weighted by atomic mass is 10.1. The van der Waals surface area contributed by atoms with Crippen LogP contribution in [0.5, 0.6) is 0 Å². The summed E-state index contributed by atoms with van der Waals surface area (Å²) in [4.78, 5) is 0. The van der Waals surface area contributed by atoms with Gasteiger partial charge in [-0.2, -0.15) is 0 Å². The van der Waals surface area contributed by atoms with E-state index in [0.717, 1.165) is 5.50 Å². The van der Waals surface area contributed by atoms with Gasteiger partial charge in [-0.1, -0.05) is 58.9 Å². The van der Waals surface area contributed by atoms with E-state index in [-0.39, 0.29) is 0 Å².